The number of aliphatic carboxylic acids is 1. The van der Waals surface area contributed by atoms with Crippen LogP contribution in [0.3, 0.4) is 0 Å². The first-order valence-electron chi connectivity index (χ1n) is 3.85. The largest absolute Gasteiger partial charge is 0.481 e. The summed E-state index contributed by atoms with van der Waals surface area (Å²) in [7, 11) is 0. The molecule has 0 radical (unpaired) electrons. The maximum absolute atomic E-state index is 11.2. The molecule has 6 nitrogen and oxygen atoms in total. The standard InChI is InChI=1S/C7H9N3O3S/c1-4(6(12)13)5(11)2-14-7-8-3-9-10-7/h3-4H,2H2,1H3,(H,12,13)(H,8,9,10). The van der Waals surface area contributed by atoms with Crippen molar-refractivity contribution in [3.8, 4) is 0 Å². The first-order valence-corrected chi connectivity index (χ1v) is 4.83. The molecule has 0 bridgehead atoms. The lowest BCUT2D eigenvalue weighted by Gasteiger charge is -2.02. The lowest BCUT2D eigenvalue weighted by Crippen LogP contribution is -2.22. The molecule has 0 aliphatic heterocycles. The van der Waals surface area contributed by atoms with Crippen molar-refractivity contribution >= 4 is 23.5 Å². The summed E-state index contributed by atoms with van der Waals surface area (Å²) < 4.78 is 0. The number of ketones is 1. The molecular formula is C7H9N3O3S. The van der Waals surface area contributed by atoms with Crippen LogP contribution in [0.4, 0.5) is 0 Å². The van der Waals surface area contributed by atoms with E-state index in [2.05, 4.69) is 15.2 Å². The fourth-order valence-electron chi connectivity index (χ4n) is 0.666. The normalized spacial score (nSPS) is 12.4. The van der Waals surface area contributed by atoms with Crippen LogP contribution < -0.4 is 0 Å². The van der Waals surface area contributed by atoms with E-state index in [1.807, 2.05) is 0 Å². The number of aromatic nitrogens is 3. The smallest absolute Gasteiger partial charge is 0.313 e. The fraction of sp³-hybridized carbons (Fsp3) is 0.429. The Bertz CT molecular complexity index is 325. The predicted molar refractivity (Wildman–Crippen MR) is 48.9 cm³/mol. The maximum Gasteiger partial charge on any atom is 0.313 e. The topological polar surface area (TPSA) is 95.9 Å². The lowest BCUT2D eigenvalue weighted by atomic mass is 10.1. The Hall–Kier alpha value is -1.37. The number of hydrogen-bond acceptors (Lipinski definition) is 5. The van der Waals surface area contributed by atoms with Crippen LogP contribution >= 0.6 is 11.8 Å². The van der Waals surface area contributed by atoms with Gasteiger partial charge in [0.1, 0.15) is 12.2 Å². The third-order valence-corrected chi connectivity index (χ3v) is 2.50. The molecule has 0 aromatic carbocycles. The lowest BCUT2D eigenvalue weighted by molar-refractivity contribution is -0.144. The quantitative estimate of drug-likeness (QED) is 0.537. The zero-order valence-corrected chi connectivity index (χ0v) is 8.24. The Balaban J connectivity index is 2.39. The second-order valence-electron chi connectivity index (χ2n) is 2.61. The van der Waals surface area contributed by atoms with Gasteiger partial charge in [-0.1, -0.05) is 11.8 Å². The molecule has 1 aromatic heterocycles. The van der Waals surface area contributed by atoms with Crippen LogP contribution in [0.15, 0.2) is 11.5 Å². The predicted octanol–water partition coefficient (Wildman–Crippen LogP) is 0.187. The highest BCUT2D eigenvalue weighted by Gasteiger charge is 2.20. The molecular weight excluding hydrogens is 206 g/mol. The van der Waals surface area contributed by atoms with Crippen LogP contribution in [0.5, 0.6) is 0 Å². The average Bonchev–Trinajstić information content (AvgIpc) is 2.65. The van der Waals surface area contributed by atoms with E-state index < -0.39 is 11.9 Å². The molecule has 14 heavy (non-hydrogen) atoms. The van der Waals surface area contributed by atoms with Crippen molar-refractivity contribution in [3.63, 3.8) is 0 Å². The van der Waals surface area contributed by atoms with Gasteiger partial charge in [-0.3, -0.25) is 14.7 Å². The van der Waals surface area contributed by atoms with Gasteiger partial charge >= 0.3 is 5.97 Å². The number of carboxylic acids is 1. The number of Topliss-reactive ketones (excluding diaryl/α,β-unsaturated/α-hetero) is 1. The number of rotatable bonds is 5. The van der Waals surface area contributed by atoms with Gasteiger partial charge < -0.3 is 5.11 Å². The highest BCUT2D eigenvalue weighted by molar-refractivity contribution is 7.99. The molecule has 76 valence electrons. The Morgan fingerprint density at radius 2 is 2.43 bits per heavy atom. The minimum absolute atomic E-state index is 0.0860. The highest BCUT2D eigenvalue weighted by Crippen LogP contribution is 2.12. The third-order valence-electron chi connectivity index (χ3n) is 1.60. The van der Waals surface area contributed by atoms with E-state index in [4.69, 9.17) is 5.11 Å². The van der Waals surface area contributed by atoms with E-state index in [9.17, 15) is 9.59 Å². The van der Waals surface area contributed by atoms with E-state index in [0.29, 0.717) is 5.16 Å². The van der Waals surface area contributed by atoms with Gasteiger partial charge in [0, 0.05) is 0 Å². The summed E-state index contributed by atoms with van der Waals surface area (Å²) in [5, 5.41) is 15.2. The number of thioether (sulfide) groups is 1. The molecule has 0 amide bonds. The molecule has 0 fully saturated rings. The second kappa shape index (κ2) is 4.75. The van der Waals surface area contributed by atoms with Gasteiger partial charge in [0.15, 0.2) is 10.9 Å². The van der Waals surface area contributed by atoms with Crippen molar-refractivity contribution in [1.82, 2.24) is 15.2 Å². The molecule has 7 heteroatoms. The van der Waals surface area contributed by atoms with E-state index in [1.54, 1.807) is 0 Å². The van der Waals surface area contributed by atoms with Gasteiger partial charge in [-0.05, 0) is 6.92 Å². The van der Waals surface area contributed by atoms with E-state index in [1.165, 1.54) is 13.3 Å². The minimum atomic E-state index is -1.10. The second-order valence-corrected chi connectivity index (χ2v) is 3.57. The monoisotopic (exact) mass is 215 g/mol. The van der Waals surface area contributed by atoms with Crippen molar-refractivity contribution in [2.24, 2.45) is 5.92 Å². The maximum atomic E-state index is 11.2. The Morgan fingerprint density at radius 1 is 1.71 bits per heavy atom. The molecule has 2 N–H and O–H groups in total. The Morgan fingerprint density at radius 3 is 2.93 bits per heavy atom. The molecule has 0 saturated carbocycles. The number of nitrogens with one attached hydrogen (secondary N) is 1. The van der Waals surface area contributed by atoms with Gasteiger partial charge in [-0.25, -0.2) is 4.98 Å². The van der Waals surface area contributed by atoms with Crippen LogP contribution in [0.25, 0.3) is 0 Å². The molecule has 1 atom stereocenters. The van der Waals surface area contributed by atoms with Crippen LogP contribution in [-0.2, 0) is 9.59 Å². The summed E-state index contributed by atoms with van der Waals surface area (Å²) >= 11 is 1.14. The minimum Gasteiger partial charge on any atom is -0.481 e. The molecule has 1 heterocycles. The van der Waals surface area contributed by atoms with Crippen molar-refractivity contribution in [3.05, 3.63) is 6.33 Å². The van der Waals surface area contributed by atoms with E-state index in [-0.39, 0.29) is 11.5 Å². The fourth-order valence-corrected chi connectivity index (χ4v) is 1.43. The number of carbonyl (C=O) groups is 2. The Kier molecular flexibility index (Phi) is 3.63. The number of H-pyrrole nitrogens is 1. The van der Waals surface area contributed by atoms with Crippen LogP contribution in [-0.4, -0.2) is 37.8 Å². The molecule has 0 saturated heterocycles. The summed E-state index contributed by atoms with van der Waals surface area (Å²) in [6.07, 6.45) is 1.33. The van der Waals surface area contributed by atoms with E-state index in [0.717, 1.165) is 11.8 Å². The number of carbonyl (C=O) groups excluding carboxylic acids is 1. The molecule has 0 spiro atoms. The number of nitrogens with zero attached hydrogens (tertiary/aromatic N) is 2. The Labute approximate surface area is 84.1 Å². The van der Waals surface area contributed by atoms with Crippen LogP contribution in [0.2, 0.25) is 0 Å². The van der Waals surface area contributed by atoms with Crippen molar-refractivity contribution in [1.29, 1.82) is 0 Å². The van der Waals surface area contributed by atoms with Gasteiger partial charge in [0.05, 0.1) is 5.75 Å². The first kappa shape index (κ1) is 10.7. The summed E-state index contributed by atoms with van der Waals surface area (Å²) in [4.78, 5) is 25.4. The van der Waals surface area contributed by atoms with E-state index >= 15 is 0 Å². The number of hydrogen-bond donors (Lipinski definition) is 2. The zero-order chi connectivity index (χ0) is 10.6. The number of aromatic amines is 1. The van der Waals surface area contributed by atoms with Gasteiger partial charge in [-0.15, -0.1) is 0 Å². The molecule has 0 aliphatic rings. The van der Waals surface area contributed by atoms with Crippen LogP contribution in [0.1, 0.15) is 6.92 Å². The third kappa shape index (κ3) is 2.84. The summed E-state index contributed by atoms with van der Waals surface area (Å²) in [6, 6.07) is 0. The van der Waals surface area contributed by atoms with Gasteiger partial charge in [0.2, 0.25) is 0 Å². The van der Waals surface area contributed by atoms with Crippen molar-refractivity contribution < 1.29 is 14.7 Å². The molecule has 0 aliphatic carbocycles. The first-order chi connectivity index (χ1) is 6.61. The zero-order valence-electron chi connectivity index (χ0n) is 7.43. The van der Waals surface area contributed by atoms with Gasteiger partial charge in [-0.2, -0.15) is 5.10 Å². The van der Waals surface area contributed by atoms with Crippen molar-refractivity contribution in [2.75, 3.05) is 5.75 Å². The average molecular weight is 215 g/mol. The van der Waals surface area contributed by atoms with Gasteiger partial charge in [0.25, 0.3) is 0 Å². The highest BCUT2D eigenvalue weighted by atomic mass is 32.2. The molecule has 1 aromatic rings. The molecule has 1 rings (SSSR count). The number of carboxylic acid groups (broad SMARTS) is 1. The summed E-state index contributed by atoms with van der Waals surface area (Å²) in [6.45, 7) is 1.37. The van der Waals surface area contributed by atoms with Crippen molar-refractivity contribution in [2.45, 2.75) is 12.1 Å². The van der Waals surface area contributed by atoms with Crippen LogP contribution in [0, 0.1) is 5.92 Å². The summed E-state index contributed by atoms with van der Waals surface area (Å²) in [5.74, 6) is -2.32. The summed E-state index contributed by atoms with van der Waals surface area (Å²) in [5.41, 5.74) is 0. The SMILES string of the molecule is CC(C(=O)O)C(=O)CSc1ncn[nH]1. The molecule has 1 unspecified atom stereocenters.